The third-order valence-electron chi connectivity index (χ3n) is 3.64. The molecule has 100 valence electrons. The topological polar surface area (TPSA) is 52.2 Å². The van der Waals surface area contributed by atoms with E-state index in [4.69, 9.17) is 0 Å². The summed E-state index contributed by atoms with van der Waals surface area (Å²) in [6, 6.07) is 9.84. The van der Waals surface area contributed by atoms with Crippen LogP contribution in [0.2, 0.25) is 0 Å². The Morgan fingerprint density at radius 3 is 2.95 bits per heavy atom. The third kappa shape index (κ3) is 2.69. The lowest BCUT2D eigenvalue weighted by Gasteiger charge is -2.28. The van der Waals surface area contributed by atoms with E-state index in [1.54, 1.807) is 0 Å². The molecule has 1 aliphatic heterocycles. The van der Waals surface area contributed by atoms with Gasteiger partial charge in [-0.15, -0.1) is 0 Å². The van der Waals surface area contributed by atoms with E-state index < -0.39 is 6.10 Å². The monoisotopic (exact) mass is 257 g/mol. The molecule has 3 rings (SSSR count). The zero-order valence-electron chi connectivity index (χ0n) is 11.1. The van der Waals surface area contributed by atoms with Gasteiger partial charge < -0.3 is 10.1 Å². The molecule has 0 spiro atoms. The highest BCUT2D eigenvalue weighted by atomic mass is 16.3. The Balaban J connectivity index is 1.66. The molecule has 0 fully saturated rings. The number of β-amino-alcohol motifs (C(OH)–C–C–N with tert-alkyl or cyclic N) is 1. The first kappa shape index (κ1) is 12.4. The Hall–Kier alpha value is -1.65. The molecule has 0 unspecified atom stereocenters. The number of aromatic nitrogens is 2. The van der Waals surface area contributed by atoms with Crippen LogP contribution in [0.5, 0.6) is 0 Å². The van der Waals surface area contributed by atoms with E-state index in [1.165, 1.54) is 11.4 Å². The highest BCUT2D eigenvalue weighted by Gasteiger charge is 2.21. The second-order valence-corrected chi connectivity index (χ2v) is 5.16. The van der Waals surface area contributed by atoms with Gasteiger partial charge >= 0.3 is 0 Å². The van der Waals surface area contributed by atoms with E-state index in [1.807, 2.05) is 37.3 Å². The number of nitrogens with zero attached hydrogens (tertiary/aromatic N) is 2. The van der Waals surface area contributed by atoms with Gasteiger partial charge in [-0.05, 0) is 12.5 Å². The molecule has 1 aromatic heterocycles. The van der Waals surface area contributed by atoms with Crippen LogP contribution in [0.1, 0.15) is 28.9 Å². The molecule has 2 N–H and O–H groups in total. The summed E-state index contributed by atoms with van der Waals surface area (Å²) >= 11 is 0. The predicted molar refractivity (Wildman–Crippen MR) is 73.7 cm³/mol. The number of aliphatic hydroxyl groups is 1. The molecule has 0 amide bonds. The van der Waals surface area contributed by atoms with E-state index in [0.717, 1.165) is 30.9 Å². The lowest BCUT2D eigenvalue weighted by molar-refractivity contribution is 0.105. The number of aryl methyl sites for hydroxylation is 1. The van der Waals surface area contributed by atoms with Crippen molar-refractivity contribution in [1.29, 1.82) is 0 Å². The van der Waals surface area contributed by atoms with Crippen LogP contribution in [0.25, 0.3) is 0 Å². The van der Waals surface area contributed by atoms with Crippen LogP contribution in [-0.4, -0.2) is 33.1 Å². The molecular formula is C15H19N3O. The zero-order chi connectivity index (χ0) is 13.2. The summed E-state index contributed by atoms with van der Waals surface area (Å²) in [5.74, 6) is 0.982. The fraction of sp³-hybridized carbons (Fsp3) is 0.400. The number of benzene rings is 1. The van der Waals surface area contributed by atoms with Crippen LogP contribution in [0, 0.1) is 6.92 Å². The molecule has 2 heterocycles. The van der Waals surface area contributed by atoms with Crippen LogP contribution < -0.4 is 0 Å². The molecule has 0 aliphatic carbocycles. The van der Waals surface area contributed by atoms with E-state index in [9.17, 15) is 5.11 Å². The third-order valence-corrected chi connectivity index (χ3v) is 3.64. The van der Waals surface area contributed by atoms with Gasteiger partial charge in [-0.25, -0.2) is 4.98 Å². The first-order valence-electron chi connectivity index (χ1n) is 6.72. The minimum atomic E-state index is -0.424. The van der Waals surface area contributed by atoms with Crippen molar-refractivity contribution in [2.75, 3.05) is 13.1 Å². The van der Waals surface area contributed by atoms with Crippen molar-refractivity contribution in [2.24, 2.45) is 0 Å². The number of nitrogens with one attached hydrogen (secondary N) is 1. The van der Waals surface area contributed by atoms with Gasteiger partial charge in [0.2, 0.25) is 0 Å². The summed E-state index contributed by atoms with van der Waals surface area (Å²) in [4.78, 5) is 10.1. The SMILES string of the molecule is Cc1nc2c([nH]1)CN(C[C@H](O)c1ccccc1)CC2. The highest BCUT2D eigenvalue weighted by molar-refractivity contribution is 5.19. The van der Waals surface area contributed by atoms with Gasteiger partial charge in [0, 0.05) is 26.1 Å². The van der Waals surface area contributed by atoms with Gasteiger partial charge in [-0.3, -0.25) is 4.90 Å². The number of imidazole rings is 1. The van der Waals surface area contributed by atoms with Gasteiger partial charge in [0.15, 0.2) is 0 Å². The molecule has 0 saturated carbocycles. The van der Waals surface area contributed by atoms with Gasteiger partial charge in [-0.1, -0.05) is 30.3 Å². The summed E-state index contributed by atoms with van der Waals surface area (Å²) in [7, 11) is 0. The van der Waals surface area contributed by atoms with E-state index in [-0.39, 0.29) is 0 Å². The molecule has 1 atom stereocenters. The number of hydrogen-bond donors (Lipinski definition) is 2. The maximum Gasteiger partial charge on any atom is 0.103 e. The second kappa shape index (κ2) is 5.15. The first-order valence-corrected chi connectivity index (χ1v) is 6.72. The lowest BCUT2D eigenvalue weighted by atomic mass is 10.1. The van der Waals surface area contributed by atoms with Crippen molar-refractivity contribution in [3.8, 4) is 0 Å². The Kier molecular flexibility index (Phi) is 3.36. The summed E-state index contributed by atoms with van der Waals surface area (Å²) in [6.07, 6.45) is 0.535. The normalized spacial score (nSPS) is 17.2. The van der Waals surface area contributed by atoms with Gasteiger partial charge in [-0.2, -0.15) is 0 Å². The Labute approximate surface area is 113 Å². The average Bonchev–Trinajstić information content (AvgIpc) is 2.79. The Morgan fingerprint density at radius 1 is 1.37 bits per heavy atom. The fourth-order valence-electron chi connectivity index (χ4n) is 2.67. The molecule has 19 heavy (non-hydrogen) atoms. The molecule has 1 aromatic carbocycles. The van der Waals surface area contributed by atoms with Crippen LogP contribution >= 0.6 is 0 Å². The molecule has 1 aliphatic rings. The van der Waals surface area contributed by atoms with Crippen molar-refractivity contribution < 1.29 is 5.11 Å². The number of aromatic amines is 1. The van der Waals surface area contributed by atoms with Crippen LogP contribution in [-0.2, 0) is 13.0 Å². The summed E-state index contributed by atoms with van der Waals surface area (Å²) < 4.78 is 0. The molecule has 2 aromatic rings. The molecule has 0 bridgehead atoms. The largest absolute Gasteiger partial charge is 0.387 e. The fourth-order valence-corrected chi connectivity index (χ4v) is 2.67. The van der Waals surface area contributed by atoms with E-state index >= 15 is 0 Å². The number of aliphatic hydroxyl groups excluding tert-OH is 1. The van der Waals surface area contributed by atoms with Crippen LogP contribution in [0.4, 0.5) is 0 Å². The predicted octanol–water partition coefficient (Wildman–Crippen LogP) is 1.81. The highest BCUT2D eigenvalue weighted by Crippen LogP contribution is 2.20. The number of H-pyrrole nitrogens is 1. The van der Waals surface area contributed by atoms with Gasteiger partial charge in [0.05, 0.1) is 17.5 Å². The first-order chi connectivity index (χ1) is 9.22. The Morgan fingerprint density at radius 2 is 2.16 bits per heavy atom. The second-order valence-electron chi connectivity index (χ2n) is 5.16. The smallest absolute Gasteiger partial charge is 0.103 e. The molecule has 4 nitrogen and oxygen atoms in total. The van der Waals surface area contributed by atoms with Crippen molar-refractivity contribution in [1.82, 2.24) is 14.9 Å². The minimum absolute atomic E-state index is 0.424. The molecule has 4 heteroatoms. The van der Waals surface area contributed by atoms with E-state index in [2.05, 4.69) is 14.9 Å². The molecule has 0 saturated heterocycles. The summed E-state index contributed by atoms with van der Waals surface area (Å²) in [6.45, 7) is 4.46. The quantitative estimate of drug-likeness (QED) is 0.881. The number of hydrogen-bond acceptors (Lipinski definition) is 3. The minimum Gasteiger partial charge on any atom is -0.387 e. The maximum atomic E-state index is 10.3. The average molecular weight is 257 g/mol. The van der Waals surface area contributed by atoms with Crippen molar-refractivity contribution in [3.05, 3.63) is 53.1 Å². The summed E-state index contributed by atoms with van der Waals surface area (Å²) in [5, 5.41) is 10.3. The van der Waals surface area contributed by atoms with E-state index in [0.29, 0.717) is 6.54 Å². The number of fused-ring (bicyclic) bond motifs is 1. The Bertz CT molecular complexity index is 550. The van der Waals surface area contributed by atoms with Gasteiger partial charge in [0.25, 0.3) is 0 Å². The van der Waals surface area contributed by atoms with Crippen molar-refractivity contribution >= 4 is 0 Å². The van der Waals surface area contributed by atoms with Crippen LogP contribution in [0.15, 0.2) is 30.3 Å². The standard InChI is InChI=1S/C15H19N3O/c1-11-16-13-7-8-18(9-14(13)17-11)10-15(19)12-5-3-2-4-6-12/h2-6,15,19H,7-10H2,1H3,(H,16,17)/t15-/m0/s1. The molecular weight excluding hydrogens is 238 g/mol. The summed E-state index contributed by atoms with van der Waals surface area (Å²) in [5.41, 5.74) is 3.36. The lowest BCUT2D eigenvalue weighted by Crippen LogP contribution is -2.34. The molecule has 0 radical (unpaired) electrons. The van der Waals surface area contributed by atoms with Gasteiger partial charge in [0.1, 0.15) is 5.82 Å². The van der Waals surface area contributed by atoms with Crippen LogP contribution in [0.3, 0.4) is 0 Å². The number of rotatable bonds is 3. The zero-order valence-corrected chi connectivity index (χ0v) is 11.1. The maximum absolute atomic E-state index is 10.3. The van der Waals surface area contributed by atoms with Crippen molar-refractivity contribution in [2.45, 2.75) is 26.0 Å². The van der Waals surface area contributed by atoms with Crippen molar-refractivity contribution in [3.63, 3.8) is 0 Å².